The predicted molar refractivity (Wildman–Crippen MR) is 91.9 cm³/mol. The number of nitriles is 1. The smallest absolute Gasteiger partial charge is 0.0759 e. The third-order valence-corrected chi connectivity index (χ3v) is 4.28. The zero-order chi connectivity index (χ0) is 15.5. The Morgan fingerprint density at radius 2 is 1.73 bits per heavy atom. The van der Waals surface area contributed by atoms with Crippen LogP contribution in [0.5, 0.6) is 0 Å². The van der Waals surface area contributed by atoms with Gasteiger partial charge in [-0.1, -0.05) is 66.2 Å². The standard InChI is InChI=1S/C21H19N/c1-15-10-11-16(2)18(12-15)13-19(14-22)21-9-5-7-17-6-3-4-8-20(17)21/h3-12,19H,13H2,1-2H3. The highest BCUT2D eigenvalue weighted by atomic mass is 14.3. The van der Waals surface area contributed by atoms with Crippen molar-refractivity contribution >= 4 is 10.8 Å². The summed E-state index contributed by atoms with van der Waals surface area (Å²) in [4.78, 5) is 0. The highest BCUT2D eigenvalue weighted by molar-refractivity contribution is 5.86. The molecule has 0 bridgehead atoms. The van der Waals surface area contributed by atoms with Crippen LogP contribution >= 0.6 is 0 Å². The fourth-order valence-corrected chi connectivity index (χ4v) is 3.02. The maximum absolute atomic E-state index is 9.71. The summed E-state index contributed by atoms with van der Waals surface area (Å²) < 4.78 is 0. The Kier molecular flexibility index (Phi) is 3.94. The topological polar surface area (TPSA) is 23.8 Å². The molecule has 0 heterocycles. The van der Waals surface area contributed by atoms with Crippen LogP contribution < -0.4 is 0 Å². The fourth-order valence-electron chi connectivity index (χ4n) is 3.02. The summed E-state index contributed by atoms with van der Waals surface area (Å²) in [6.45, 7) is 4.22. The summed E-state index contributed by atoms with van der Waals surface area (Å²) in [7, 11) is 0. The summed E-state index contributed by atoms with van der Waals surface area (Å²) in [6, 6.07) is 23.5. The molecule has 0 saturated carbocycles. The van der Waals surface area contributed by atoms with Crippen LogP contribution in [0.15, 0.2) is 60.7 Å². The minimum Gasteiger partial charge on any atom is -0.198 e. The van der Waals surface area contributed by atoms with Crippen LogP contribution in [0.1, 0.15) is 28.2 Å². The second-order valence-electron chi connectivity index (χ2n) is 5.88. The molecule has 0 aliphatic rings. The van der Waals surface area contributed by atoms with E-state index in [-0.39, 0.29) is 5.92 Å². The quantitative estimate of drug-likeness (QED) is 0.640. The molecule has 0 spiro atoms. The molecule has 108 valence electrons. The van der Waals surface area contributed by atoms with Crippen LogP contribution in [-0.2, 0) is 6.42 Å². The van der Waals surface area contributed by atoms with Crippen LogP contribution in [0.2, 0.25) is 0 Å². The van der Waals surface area contributed by atoms with Gasteiger partial charge in [-0.3, -0.25) is 0 Å². The van der Waals surface area contributed by atoms with Crippen LogP contribution in [0.3, 0.4) is 0 Å². The molecular formula is C21H19N. The van der Waals surface area contributed by atoms with Crippen molar-refractivity contribution in [3.05, 3.63) is 82.9 Å². The first-order chi connectivity index (χ1) is 10.7. The average molecular weight is 285 g/mol. The van der Waals surface area contributed by atoms with Crippen molar-refractivity contribution in [1.82, 2.24) is 0 Å². The van der Waals surface area contributed by atoms with Gasteiger partial charge in [-0.05, 0) is 47.7 Å². The van der Waals surface area contributed by atoms with Crippen LogP contribution in [0.25, 0.3) is 10.8 Å². The molecular weight excluding hydrogens is 266 g/mol. The molecule has 3 aromatic carbocycles. The van der Waals surface area contributed by atoms with E-state index in [4.69, 9.17) is 0 Å². The van der Waals surface area contributed by atoms with E-state index in [1.807, 2.05) is 18.2 Å². The highest BCUT2D eigenvalue weighted by Gasteiger charge is 2.15. The Labute approximate surface area is 131 Å². The van der Waals surface area contributed by atoms with E-state index in [0.29, 0.717) is 0 Å². The fraction of sp³-hybridized carbons (Fsp3) is 0.190. The molecule has 0 aliphatic heterocycles. The van der Waals surface area contributed by atoms with Crippen molar-refractivity contribution in [2.24, 2.45) is 0 Å². The molecule has 1 heteroatoms. The number of fused-ring (bicyclic) bond motifs is 1. The summed E-state index contributed by atoms with van der Waals surface area (Å²) >= 11 is 0. The molecule has 0 fully saturated rings. The van der Waals surface area contributed by atoms with E-state index in [0.717, 1.165) is 12.0 Å². The Bertz CT molecular complexity index is 850. The van der Waals surface area contributed by atoms with Gasteiger partial charge in [0.15, 0.2) is 0 Å². The first-order valence-corrected chi connectivity index (χ1v) is 7.62. The van der Waals surface area contributed by atoms with E-state index >= 15 is 0 Å². The Morgan fingerprint density at radius 1 is 0.955 bits per heavy atom. The zero-order valence-electron chi connectivity index (χ0n) is 13.0. The van der Waals surface area contributed by atoms with Crippen LogP contribution in [0.4, 0.5) is 0 Å². The summed E-state index contributed by atoms with van der Waals surface area (Å²) in [5.74, 6) is -0.119. The van der Waals surface area contributed by atoms with Gasteiger partial charge in [0.25, 0.3) is 0 Å². The van der Waals surface area contributed by atoms with E-state index in [1.54, 1.807) is 0 Å². The van der Waals surface area contributed by atoms with Crippen molar-refractivity contribution in [3.63, 3.8) is 0 Å². The van der Waals surface area contributed by atoms with Gasteiger partial charge in [-0.2, -0.15) is 5.26 Å². The van der Waals surface area contributed by atoms with Crippen molar-refractivity contribution in [1.29, 1.82) is 5.26 Å². The van der Waals surface area contributed by atoms with E-state index in [9.17, 15) is 5.26 Å². The number of nitrogens with zero attached hydrogens (tertiary/aromatic N) is 1. The van der Waals surface area contributed by atoms with Crippen molar-refractivity contribution in [3.8, 4) is 6.07 Å². The largest absolute Gasteiger partial charge is 0.198 e. The Morgan fingerprint density at radius 3 is 2.55 bits per heavy atom. The lowest BCUT2D eigenvalue weighted by molar-refractivity contribution is 0.849. The predicted octanol–water partition coefficient (Wildman–Crippen LogP) is 5.31. The van der Waals surface area contributed by atoms with E-state index in [2.05, 4.69) is 62.4 Å². The number of benzene rings is 3. The molecule has 3 aromatic rings. The van der Waals surface area contributed by atoms with Gasteiger partial charge in [0, 0.05) is 0 Å². The minimum absolute atomic E-state index is 0.119. The van der Waals surface area contributed by atoms with Gasteiger partial charge >= 0.3 is 0 Å². The monoisotopic (exact) mass is 285 g/mol. The molecule has 0 aromatic heterocycles. The Balaban J connectivity index is 2.04. The molecule has 0 saturated heterocycles. The molecule has 0 N–H and O–H groups in total. The van der Waals surface area contributed by atoms with Gasteiger partial charge in [0.2, 0.25) is 0 Å². The molecule has 3 rings (SSSR count). The maximum Gasteiger partial charge on any atom is 0.0759 e. The number of hydrogen-bond donors (Lipinski definition) is 0. The molecule has 0 radical (unpaired) electrons. The van der Waals surface area contributed by atoms with Gasteiger partial charge in [-0.25, -0.2) is 0 Å². The lowest BCUT2D eigenvalue weighted by atomic mass is 9.88. The first-order valence-electron chi connectivity index (χ1n) is 7.62. The summed E-state index contributed by atoms with van der Waals surface area (Å²) in [5.41, 5.74) is 4.89. The number of aryl methyl sites for hydroxylation is 2. The molecule has 22 heavy (non-hydrogen) atoms. The van der Waals surface area contributed by atoms with Gasteiger partial charge < -0.3 is 0 Å². The third kappa shape index (κ3) is 2.73. The second kappa shape index (κ2) is 6.03. The van der Waals surface area contributed by atoms with Crippen molar-refractivity contribution in [2.45, 2.75) is 26.2 Å². The average Bonchev–Trinajstić information content (AvgIpc) is 2.55. The van der Waals surface area contributed by atoms with Crippen molar-refractivity contribution in [2.75, 3.05) is 0 Å². The Hall–Kier alpha value is -2.59. The molecule has 0 aliphatic carbocycles. The molecule has 0 amide bonds. The highest BCUT2D eigenvalue weighted by Crippen LogP contribution is 2.29. The van der Waals surface area contributed by atoms with Gasteiger partial charge in [-0.15, -0.1) is 0 Å². The normalized spacial score (nSPS) is 12.0. The molecule has 1 nitrogen and oxygen atoms in total. The number of rotatable bonds is 3. The van der Waals surface area contributed by atoms with Crippen LogP contribution in [0, 0.1) is 25.2 Å². The third-order valence-electron chi connectivity index (χ3n) is 4.28. The summed E-state index contributed by atoms with van der Waals surface area (Å²) in [5, 5.41) is 12.1. The second-order valence-corrected chi connectivity index (χ2v) is 5.88. The van der Waals surface area contributed by atoms with Crippen molar-refractivity contribution < 1.29 is 0 Å². The SMILES string of the molecule is Cc1ccc(C)c(CC(C#N)c2cccc3ccccc23)c1. The first kappa shape index (κ1) is 14.4. The van der Waals surface area contributed by atoms with Crippen LogP contribution in [-0.4, -0.2) is 0 Å². The molecule has 1 atom stereocenters. The lowest BCUT2D eigenvalue weighted by Crippen LogP contribution is -2.03. The minimum atomic E-state index is -0.119. The van der Waals surface area contributed by atoms with Gasteiger partial charge in [0.05, 0.1) is 12.0 Å². The van der Waals surface area contributed by atoms with E-state index in [1.165, 1.54) is 27.5 Å². The maximum atomic E-state index is 9.71. The number of hydrogen-bond acceptors (Lipinski definition) is 1. The molecule has 1 unspecified atom stereocenters. The van der Waals surface area contributed by atoms with E-state index < -0.39 is 0 Å². The lowest BCUT2D eigenvalue weighted by Gasteiger charge is -2.14. The summed E-state index contributed by atoms with van der Waals surface area (Å²) in [6.07, 6.45) is 0.762. The van der Waals surface area contributed by atoms with Gasteiger partial charge in [0.1, 0.15) is 0 Å². The zero-order valence-corrected chi connectivity index (χ0v) is 13.0.